The van der Waals surface area contributed by atoms with Gasteiger partial charge in [-0.25, -0.2) is 4.79 Å². The Bertz CT molecular complexity index is 252. The number of urea groups is 1. The van der Waals surface area contributed by atoms with Crippen LogP contribution in [0.3, 0.4) is 0 Å². The normalized spacial score (nSPS) is 25.7. The van der Waals surface area contributed by atoms with Gasteiger partial charge in [-0.15, -0.1) is 0 Å². The molecule has 0 aromatic heterocycles. The van der Waals surface area contributed by atoms with E-state index in [1.165, 1.54) is 12.8 Å². The number of carbonyl (C=O) groups excluding carboxylic acids is 1. The fourth-order valence-corrected chi connectivity index (χ4v) is 2.19. The molecular formula is C11H20N2O. The summed E-state index contributed by atoms with van der Waals surface area (Å²) in [6, 6.07) is 0.225. The standard InChI is InChI=1S/C11H20N2O/c1-8(2)12-9(14)13-11(6-7-11)10(3)4-5-10/h8H,4-7H2,1-3H3,(H2,12,13,14). The highest BCUT2D eigenvalue weighted by Gasteiger charge is 2.63. The summed E-state index contributed by atoms with van der Waals surface area (Å²) in [5, 5.41) is 6.04. The molecule has 2 saturated carbocycles. The smallest absolute Gasteiger partial charge is 0.315 e. The first-order valence-corrected chi connectivity index (χ1v) is 5.56. The molecule has 0 aromatic rings. The number of rotatable bonds is 3. The van der Waals surface area contributed by atoms with Crippen molar-refractivity contribution in [3.05, 3.63) is 0 Å². The Labute approximate surface area is 85.6 Å². The minimum absolute atomic E-state index is 0.00521. The third kappa shape index (κ3) is 1.60. The molecule has 2 N–H and O–H groups in total. The van der Waals surface area contributed by atoms with Crippen LogP contribution in [0, 0.1) is 5.41 Å². The third-order valence-electron chi connectivity index (χ3n) is 3.68. The van der Waals surface area contributed by atoms with Crippen molar-refractivity contribution in [3.8, 4) is 0 Å². The second-order valence-corrected chi connectivity index (χ2v) is 5.40. The molecule has 0 radical (unpaired) electrons. The van der Waals surface area contributed by atoms with E-state index >= 15 is 0 Å². The molecule has 3 nitrogen and oxygen atoms in total. The van der Waals surface area contributed by atoms with Crippen molar-refractivity contribution in [1.29, 1.82) is 0 Å². The fraction of sp³-hybridized carbons (Fsp3) is 0.909. The van der Waals surface area contributed by atoms with E-state index < -0.39 is 0 Å². The van der Waals surface area contributed by atoms with E-state index in [4.69, 9.17) is 0 Å². The number of hydrogen-bond acceptors (Lipinski definition) is 1. The summed E-state index contributed by atoms with van der Waals surface area (Å²) in [4.78, 5) is 11.6. The Morgan fingerprint density at radius 2 is 1.79 bits per heavy atom. The van der Waals surface area contributed by atoms with Crippen molar-refractivity contribution in [3.63, 3.8) is 0 Å². The molecule has 0 unspecified atom stereocenters. The van der Waals surface area contributed by atoms with Gasteiger partial charge in [0.25, 0.3) is 0 Å². The third-order valence-corrected chi connectivity index (χ3v) is 3.68. The molecule has 0 aliphatic heterocycles. The first-order chi connectivity index (χ1) is 6.47. The Balaban J connectivity index is 1.88. The van der Waals surface area contributed by atoms with E-state index in [1.807, 2.05) is 13.8 Å². The van der Waals surface area contributed by atoms with E-state index in [9.17, 15) is 4.79 Å². The van der Waals surface area contributed by atoms with Gasteiger partial charge in [-0.3, -0.25) is 0 Å². The number of hydrogen-bond donors (Lipinski definition) is 2. The minimum Gasteiger partial charge on any atom is -0.336 e. The zero-order valence-corrected chi connectivity index (χ0v) is 9.31. The average molecular weight is 196 g/mol. The molecule has 2 fully saturated rings. The molecule has 80 valence electrons. The van der Waals surface area contributed by atoms with Crippen LogP contribution in [0.4, 0.5) is 4.79 Å². The molecule has 2 amide bonds. The maximum absolute atomic E-state index is 11.6. The summed E-state index contributed by atoms with van der Waals surface area (Å²) < 4.78 is 0. The maximum atomic E-state index is 11.6. The molecule has 0 heterocycles. The summed E-state index contributed by atoms with van der Waals surface area (Å²) in [6.45, 7) is 6.26. The molecule has 0 saturated heterocycles. The minimum atomic E-state index is 0.00521. The van der Waals surface area contributed by atoms with Gasteiger partial charge < -0.3 is 10.6 Å². The van der Waals surface area contributed by atoms with Crippen molar-refractivity contribution < 1.29 is 4.79 Å². The highest BCUT2D eigenvalue weighted by atomic mass is 16.2. The molecule has 0 spiro atoms. The Hall–Kier alpha value is -0.730. The van der Waals surface area contributed by atoms with Crippen molar-refractivity contribution in [1.82, 2.24) is 10.6 Å². The van der Waals surface area contributed by atoms with Crippen molar-refractivity contribution in [2.24, 2.45) is 5.41 Å². The Kier molecular flexibility index (Phi) is 2.02. The number of carbonyl (C=O) groups is 1. The van der Waals surface area contributed by atoms with Gasteiger partial charge in [-0.1, -0.05) is 6.92 Å². The van der Waals surface area contributed by atoms with Crippen molar-refractivity contribution in [2.75, 3.05) is 0 Å². The van der Waals surface area contributed by atoms with Gasteiger partial charge in [-0.2, -0.15) is 0 Å². The van der Waals surface area contributed by atoms with Gasteiger partial charge in [0.05, 0.1) is 0 Å². The van der Waals surface area contributed by atoms with Gasteiger partial charge in [0.2, 0.25) is 0 Å². The van der Waals surface area contributed by atoms with Crippen LogP contribution in [0.15, 0.2) is 0 Å². The molecule has 2 aliphatic carbocycles. The fourth-order valence-electron chi connectivity index (χ4n) is 2.19. The molecule has 0 atom stereocenters. The quantitative estimate of drug-likeness (QED) is 0.712. The van der Waals surface area contributed by atoms with Gasteiger partial charge in [0.15, 0.2) is 0 Å². The average Bonchev–Trinajstić information content (AvgIpc) is 2.87. The van der Waals surface area contributed by atoms with E-state index in [-0.39, 0.29) is 17.6 Å². The molecular weight excluding hydrogens is 176 g/mol. The SMILES string of the molecule is CC(C)NC(=O)NC1(C2(C)CC2)CC1. The van der Waals surface area contributed by atoms with Crippen molar-refractivity contribution in [2.45, 2.75) is 58.0 Å². The molecule has 14 heavy (non-hydrogen) atoms. The highest BCUT2D eigenvalue weighted by molar-refractivity contribution is 5.75. The lowest BCUT2D eigenvalue weighted by Gasteiger charge is -2.25. The lowest BCUT2D eigenvalue weighted by molar-refractivity contribution is 0.224. The predicted octanol–water partition coefficient (Wildman–Crippen LogP) is 2.03. The van der Waals surface area contributed by atoms with E-state index in [2.05, 4.69) is 17.6 Å². The van der Waals surface area contributed by atoms with Gasteiger partial charge in [0, 0.05) is 11.6 Å². The van der Waals surface area contributed by atoms with Crippen LogP contribution in [0.5, 0.6) is 0 Å². The van der Waals surface area contributed by atoms with E-state index in [0.29, 0.717) is 5.41 Å². The van der Waals surface area contributed by atoms with Gasteiger partial charge in [-0.05, 0) is 44.9 Å². The first-order valence-electron chi connectivity index (χ1n) is 5.56. The van der Waals surface area contributed by atoms with Crippen LogP contribution in [0.25, 0.3) is 0 Å². The summed E-state index contributed by atoms with van der Waals surface area (Å²) in [5.74, 6) is 0. The van der Waals surface area contributed by atoms with Crippen LogP contribution in [0.2, 0.25) is 0 Å². The molecule has 2 aliphatic rings. The number of amides is 2. The summed E-state index contributed by atoms with van der Waals surface area (Å²) in [6.07, 6.45) is 4.87. The molecule has 2 rings (SSSR count). The van der Waals surface area contributed by atoms with Gasteiger partial charge in [0.1, 0.15) is 0 Å². The summed E-state index contributed by atoms with van der Waals surface area (Å²) in [5.41, 5.74) is 0.549. The lowest BCUT2D eigenvalue weighted by atomic mass is 9.96. The highest BCUT2D eigenvalue weighted by Crippen LogP contribution is 2.63. The number of nitrogens with one attached hydrogen (secondary N) is 2. The summed E-state index contributed by atoms with van der Waals surface area (Å²) in [7, 11) is 0. The maximum Gasteiger partial charge on any atom is 0.315 e. The van der Waals surface area contributed by atoms with Gasteiger partial charge >= 0.3 is 6.03 Å². The summed E-state index contributed by atoms with van der Waals surface area (Å²) >= 11 is 0. The topological polar surface area (TPSA) is 41.1 Å². The molecule has 0 aromatic carbocycles. The zero-order valence-electron chi connectivity index (χ0n) is 9.31. The molecule has 3 heteroatoms. The second-order valence-electron chi connectivity index (χ2n) is 5.40. The van der Waals surface area contributed by atoms with Crippen LogP contribution in [-0.4, -0.2) is 17.6 Å². The first kappa shape index (κ1) is 9.81. The van der Waals surface area contributed by atoms with Crippen LogP contribution in [-0.2, 0) is 0 Å². The Morgan fingerprint density at radius 1 is 1.21 bits per heavy atom. The second kappa shape index (κ2) is 2.88. The van der Waals surface area contributed by atoms with Crippen LogP contribution < -0.4 is 10.6 Å². The predicted molar refractivity (Wildman–Crippen MR) is 56.1 cm³/mol. The van der Waals surface area contributed by atoms with E-state index in [1.54, 1.807) is 0 Å². The zero-order chi connectivity index (χ0) is 10.4. The molecule has 0 bridgehead atoms. The largest absolute Gasteiger partial charge is 0.336 e. The van der Waals surface area contributed by atoms with Crippen LogP contribution >= 0.6 is 0 Å². The van der Waals surface area contributed by atoms with Crippen LogP contribution in [0.1, 0.15) is 46.5 Å². The Morgan fingerprint density at radius 3 is 2.14 bits per heavy atom. The van der Waals surface area contributed by atoms with Crippen molar-refractivity contribution >= 4 is 6.03 Å². The lowest BCUT2D eigenvalue weighted by Crippen LogP contribution is -2.49. The van der Waals surface area contributed by atoms with E-state index in [0.717, 1.165) is 12.8 Å². The monoisotopic (exact) mass is 196 g/mol.